The average molecular weight is 331 g/mol. The van der Waals surface area contributed by atoms with Gasteiger partial charge < -0.3 is 10.0 Å². The van der Waals surface area contributed by atoms with Crippen molar-refractivity contribution in [3.63, 3.8) is 0 Å². The van der Waals surface area contributed by atoms with Gasteiger partial charge in [0.15, 0.2) is 0 Å². The zero-order valence-corrected chi connectivity index (χ0v) is 13.8. The maximum atomic E-state index is 13.2. The third-order valence-electron chi connectivity index (χ3n) is 4.78. The van der Waals surface area contributed by atoms with Gasteiger partial charge in [0, 0.05) is 19.6 Å². The molecule has 2 heterocycles. The summed E-state index contributed by atoms with van der Waals surface area (Å²) in [4.78, 5) is 13.5. The molecule has 0 aliphatic carbocycles. The Morgan fingerprint density at radius 2 is 2.12 bits per heavy atom. The molecule has 0 saturated carbocycles. The molecular weight excluding hydrogens is 309 g/mol. The van der Waals surface area contributed by atoms with Gasteiger partial charge in [-0.1, -0.05) is 12.1 Å². The molecule has 1 aromatic carbocycles. The quantitative estimate of drug-likeness (QED) is 0.915. The van der Waals surface area contributed by atoms with Gasteiger partial charge in [-0.3, -0.25) is 4.68 Å². The highest BCUT2D eigenvalue weighted by molar-refractivity contribution is 5.88. The number of aromatic nitrogens is 2. The maximum absolute atomic E-state index is 13.2. The Balaban J connectivity index is 1.53. The lowest BCUT2D eigenvalue weighted by atomic mass is 10.0. The smallest absolute Gasteiger partial charge is 0.339 e. The minimum atomic E-state index is -0.925. The molecular formula is C18H22FN3O2. The highest BCUT2D eigenvalue weighted by atomic mass is 19.1. The number of hydrogen-bond donors (Lipinski definition) is 1. The van der Waals surface area contributed by atoms with E-state index in [0.717, 1.165) is 50.2 Å². The predicted molar refractivity (Wildman–Crippen MR) is 88.7 cm³/mol. The number of nitrogens with zero attached hydrogens (tertiary/aromatic N) is 3. The zero-order chi connectivity index (χ0) is 17.1. The van der Waals surface area contributed by atoms with Crippen LogP contribution in [0.3, 0.4) is 0 Å². The Morgan fingerprint density at radius 3 is 2.75 bits per heavy atom. The molecule has 0 amide bonds. The highest BCUT2D eigenvalue weighted by Gasteiger charge is 2.24. The number of rotatable bonds is 5. The second-order valence-electron chi connectivity index (χ2n) is 6.35. The summed E-state index contributed by atoms with van der Waals surface area (Å²) in [6.45, 7) is 4.62. The van der Waals surface area contributed by atoms with Crippen LogP contribution in [0.25, 0.3) is 0 Å². The van der Waals surface area contributed by atoms with Crippen molar-refractivity contribution in [3.8, 4) is 0 Å². The molecule has 1 aliphatic rings. The van der Waals surface area contributed by atoms with Gasteiger partial charge in [-0.05, 0) is 43.9 Å². The Morgan fingerprint density at radius 1 is 1.38 bits per heavy atom. The van der Waals surface area contributed by atoms with Gasteiger partial charge in [-0.25, -0.2) is 9.18 Å². The van der Waals surface area contributed by atoms with E-state index < -0.39 is 5.97 Å². The van der Waals surface area contributed by atoms with E-state index in [4.69, 9.17) is 5.11 Å². The minimum absolute atomic E-state index is 0.186. The number of piperidine rings is 1. The van der Waals surface area contributed by atoms with Gasteiger partial charge in [0.25, 0.3) is 0 Å². The molecule has 2 aromatic rings. The zero-order valence-electron chi connectivity index (χ0n) is 13.8. The standard InChI is InChI=1S/C18H22FN3O2/c1-13-17(18(23)24)12-20-22(13)16-6-9-21(10-7-16)8-5-14-3-2-4-15(19)11-14/h2-4,11-12,16H,5-10H2,1H3,(H,23,24). The fourth-order valence-corrected chi connectivity index (χ4v) is 3.37. The van der Waals surface area contributed by atoms with E-state index in [0.29, 0.717) is 0 Å². The summed E-state index contributed by atoms with van der Waals surface area (Å²) >= 11 is 0. The SMILES string of the molecule is Cc1c(C(=O)O)cnn1C1CCN(CCc2cccc(F)c2)CC1. The van der Waals surface area contributed by atoms with Crippen molar-refractivity contribution in [3.05, 3.63) is 53.1 Å². The minimum Gasteiger partial charge on any atom is -0.478 e. The van der Waals surface area contributed by atoms with Crippen molar-refractivity contribution in [2.24, 2.45) is 0 Å². The number of carboxylic acid groups (broad SMARTS) is 1. The van der Waals surface area contributed by atoms with Crippen molar-refractivity contribution in [2.75, 3.05) is 19.6 Å². The average Bonchev–Trinajstić information content (AvgIpc) is 2.95. The van der Waals surface area contributed by atoms with E-state index in [1.54, 1.807) is 12.1 Å². The van der Waals surface area contributed by atoms with E-state index in [2.05, 4.69) is 10.00 Å². The highest BCUT2D eigenvalue weighted by Crippen LogP contribution is 2.24. The number of hydrogen-bond acceptors (Lipinski definition) is 3. The number of carboxylic acids is 1. The van der Waals surface area contributed by atoms with Crippen molar-refractivity contribution in [1.29, 1.82) is 0 Å². The summed E-state index contributed by atoms with van der Waals surface area (Å²) in [5.74, 6) is -1.11. The molecule has 24 heavy (non-hydrogen) atoms. The Kier molecular flexibility index (Phi) is 4.94. The first-order chi connectivity index (χ1) is 11.5. The van der Waals surface area contributed by atoms with Crippen molar-refractivity contribution in [2.45, 2.75) is 32.2 Å². The van der Waals surface area contributed by atoms with E-state index in [1.165, 1.54) is 12.3 Å². The first-order valence-electron chi connectivity index (χ1n) is 8.29. The maximum Gasteiger partial charge on any atom is 0.339 e. The Hall–Kier alpha value is -2.21. The molecule has 1 aliphatic heterocycles. The molecule has 1 fully saturated rings. The molecule has 0 atom stereocenters. The summed E-state index contributed by atoms with van der Waals surface area (Å²) in [6.07, 6.45) is 4.18. The Labute approximate surface area is 140 Å². The van der Waals surface area contributed by atoms with Crippen LogP contribution in [0.5, 0.6) is 0 Å². The normalized spacial score (nSPS) is 16.4. The molecule has 5 nitrogen and oxygen atoms in total. The summed E-state index contributed by atoms with van der Waals surface area (Å²) < 4.78 is 15.1. The lowest BCUT2D eigenvalue weighted by Gasteiger charge is -2.32. The second-order valence-corrected chi connectivity index (χ2v) is 6.35. The van der Waals surface area contributed by atoms with Crippen molar-refractivity contribution < 1.29 is 14.3 Å². The van der Waals surface area contributed by atoms with Crippen LogP contribution in [0.4, 0.5) is 4.39 Å². The van der Waals surface area contributed by atoms with Crippen LogP contribution in [0, 0.1) is 12.7 Å². The number of aromatic carboxylic acids is 1. The third-order valence-corrected chi connectivity index (χ3v) is 4.78. The molecule has 1 saturated heterocycles. The lowest BCUT2D eigenvalue weighted by molar-refractivity contribution is 0.0695. The van der Waals surface area contributed by atoms with Crippen LogP contribution < -0.4 is 0 Å². The van der Waals surface area contributed by atoms with Crippen LogP contribution in [0.2, 0.25) is 0 Å². The molecule has 3 rings (SSSR count). The van der Waals surface area contributed by atoms with Gasteiger partial charge in [0.1, 0.15) is 11.4 Å². The second kappa shape index (κ2) is 7.13. The summed E-state index contributed by atoms with van der Waals surface area (Å²) in [5, 5.41) is 13.4. The topological polar surface area (TPSA) is 58.4 Å². The van der Waals surface area contributed by atoms with E-state index in [-0.39, 0.29) is 17.4 Å². The monoisotopic (exact) mass is 331 g/mol. The fourth-order valence-electron chi connectivity index (χ4n) is 3.37. The lowest BCUT2D eigenvalue weighted by Crippen LogP contribution is -2.36. The molecule has 128 valence electrons. The van der Waals surface area contributed by atoms with E-state index >= 15 is 0 Å². The molecule has 0 radical (unpaired) electrons. The number of halogens is 1. The van der Waals surface area contributed by atoms with Crippen molar-refractivity contribution in [1.82, 2.24) is 14.7 Å². The van der Waals surface area contributed by atoms with Gasteiger partial charge in [-0.15, -0.1) is 0 Å². The molecule has 0 spiro atoms. The van der Waals surface area contributed by atoms with Gasteiger partial charge in [0.05, 0.1) is 17.9 Å². The van der Waals surface area contributed by atoms with Gasteiger partial charge in [-0.2, -0.15) is 5.10 Å². The molecule has 6 heteroatoms. The van der Waals surface area contributed by atoms with Crippen molar-refractivity contribution >= 4 is 5.97 Å². The van der Waals surface area contributed by atoms with E-state index in [1.807, 2.05) is 17.7 Å². The number of benzene rings is 1. The molecule has 1 aromatic heterocycles. The largest absolute Gasteiger partial charge is 0.478 e. The van der Waals surface area contributed by atoms with E-state index in [9.17, 15) is 9.18 Å². The van der Waals surface area contributed by atoms with Gasteiger partial charge >= 0.3 is 5.97 Å². The Bertz CT molecular complexity index is 721. The summed E-state index contributed by atoms with van der Waals surface area (Å²) in [5.41, 5.74) is 2.02. The third kappa shape index (κ3) is 3.64. The predicted octanol–water partition coefficient (Wildman–Crippen LogP) is 2.91. The van der Waals surface area contributed by atoms with Gasteiger partial charge in [0.2, 0.25) is 0 Å². The van der Waals surface area contributed by atoms with Crippen LogP contribution in [0.15, 0.2) is 30.5 Å². The van der Waals surface area contributed by atoms with Crippen LogP contribution >= 0.6 is 0 Å². The first-order valence-corrected chi connectivity index (χ1v) is 8.29. The fraction of sp³-hybridized carbons (Fsp3) is 0.444. The van der Waals surface area contributed by atoms with Crippen LogP contribution in [0.1, 0.15) is 40.5 Å². The number of carbonyl (C=O) groups is 1. The summed E-state index contributed by atoms with van der Waals surface area (Å²) in [7, 11) is 0. The molecule has 0 unspecified atom stereocenters. The first kappa shape index (κ1) is 16.6. The summed E-state index contributed by atoms with van der Waals surface area (Å²) in [6, 6.07) is 7.01. The van der Waals surface area contributed by atoms with Crippen LogP contribution in [-0.4, -0.2) is 45.4 Å². The molecule has 1 N–H and O–H groups in total. The number of likely N-dealkylation sites (tertiary alicyclic amines) is 1. The molecule has 0 bridgehead atoms. The van der Waals surface area contributed by atoms with Crippen LogP contribution in [-0.2, 0) is 6.42 Å².